The predicted octanol–water partition coefficient (Wildman–Crippen LogP) is 8.22. The number of aliphatic imine (C=N–C) groups is 2. The third-order valence-corrected chi connectivity index (χ3v) is 5.49. The minimum absolute atomic E-state index is 0.402. The van der Waals surface area contributed by atoms with Crippen LogP contribution in [0.3, 0.4) is 0 Å². The maximum atomic E-state index is 12.1. The standard InChI is InChI=1S/C27H36N4O4/c1-4-5-6-7-8-9-10-11-16-35-27(34)31-23-15-13-21(3)25(18-23)29-19-28-24-17-22(30-26(32)33)14-12-20(24)2/h12-15,17-18,30H,4-11,16H2,1-3H3,(H,31,34)(H,32,33). The molecule has 0 heterocycles. The Bertz CT molecular complexity index is 1050. The number of nitrogens with one attached hydrogen (secondary N) is 2. The summed E-state index contributed by atoms with van der Waals surface area (Å²) >= 11 is 0. The molecule has 0 aliphatic rings. The van der Waals surface area contributed by atoms with Crippen molar-refractivity contribution in [3.63, 3.8) is 0 Å². The van der Waals surface area contributed by atoms with E-state index in [9.17, 15) is 9.59 Å². The quantitative estimate of drug-likeness (QED) is 0.198. The van der Waals surface area contributed by atoms with Crippen molar-refractivity contribution in [2.24, 2.45) is 9.98 Å². The van der Waals surface area contributed by atoms with E-state index < -0.39 is 12.2 Å². The highest BCUT2D eigenvalue weighted by Gasteiger charge is 2.06. The molecular formula is C27H36N4O4. The van der Waals surface area contributed by atoms with Crippen molar-refractivity contribution in [2.75, 3.05) is 17.2 Å². The maximum absolute atomic E-state index is 12.1. The van der Waals surface area contributed by atoms with Crippen LogP contribution in [0.5, 0.6) is 0 Å². The molecule has 3 N–H and O–H groups in total. The molecule has 2 aromatic rings. The van der Waals surface area contributed by atoms with E-state index in [4.69, 9.17) is 9.84 Å². The highest BCUT2D eigenvalue weighted by Crippen LogP contribution is 2.25. The van der Waals surface area contributed by atoms with Gasteiger partial charge >= 0.3 is 12.2 Å². The van der Waals surface area contributed by atoms with E-state index in [1.165, 1.54) is 38.5 Å². The summed E-state index contributed by atoms with van der Waals surface area (Å²) in [7, 11) is 0. The number of anilines is 2. The van der Waals surface area contributed by atoms with Crippen molar-refractivity contribution < 1.29 is 19.4 Å². The number of aryl methyl sites for hydroxylation is 2. The van der Waals surface area contributed by atoms with Gasteiger partial charge in [-0.05, 0) is 55.7 Å². The van der Waals surface area contributed by atoms with E-state index >= 15 is 0 Å². The number of rotatable bonds is 13. The highest BCUT2D eigenvalue weighted by atomic mass is 16.5. The number of nitrogens with zero attached hydrogens (tertiary/aromatic N) is 2. The van der Waals surface area contributed by atoms with Crippen LogP contribution in [-0.2, 0) is 4.74 Å². The van der Waals surface area contributed by atoms with Gasteiger partial charge in [-0.3, -0.25) is 10.6 Å². The first-order chi connectivity index (χ1) is 16.9. The zero-order chi connectivity index (χ0) is 25.5. The Morgan fingerprint density at radius 3 is 1.89 bits per heavy atom. The highest BCUT2D eigenvalue weighted by molar-refractivity contribution is 5.86. The van der Waals surface area contributed by atoms with Gasteiger partial charge in [0, 0.05) is 11.4 Å². The van der Waals surface area contributed by atoms with Gasteiger partial charge in [0.25, 0.3) is 0 Å². The molecule has 0 fully saturated rings. The van der Waals surface area contributed by atoms with Crippen LogP contribution < -0.4 is 10.6 Å². The first-order valence-corrected chi connectivity index (χ1v) is 12.2. The van der Waals surface area contributed by atoms with Gasteiger partial charge in [-0.1, -0.05) is 64.0 Å². The Kier molecular flexibility index (Phi) is 12.1. The fraction of sp³-hybridized carbons (Fsp3) is 0.444. The van der Waals surface area contributed by atoms with E-state index in [1.807, 2.05) is 19.9 Å². The first kappa shape index (κ1) is 27.6. The predicted molar refractivity (Wildman–Crippen MR) is 141 cm³/mol. The molecule has 0 bridgehead atoms. The van der Waals surface area contributed by atoms with Gasteiger partial charge < -0.3 is 9.84 Å². The topological polar surface area (TPSA) is 112 Å². The molecule has 0 aliphatic heterocycles. The Labute approximate surface area is 207 Å². The number of carbonyl (C=O) groups is 2. The summed E-state index contributed by atoms with van der Waals surface area (Å²) in [5, 5.41) is 13.9. The van der Waals surface area contributed by atoms with Gasteiger partial charge in [-0.25, -0.2) is 9.59 Å². The molecular weight excluding hydrogens is 444 g/mol. The maximum Gasteiger partial charge on any atom is 0.411 e. The van der Waals surface area contributed by atoms with Crippen LogP contribution in [0.1, 0.15) is 69.4 Å². The number of benzene rings is 2. The lowest BCUT2D eigenvalue weighted by atomic mass is 10.1. The molecule has 0 saturated carbocycles. The number of ether oxygens (including phenoxy) is 1. The van der Waals surface area contributed by atoms with Gasteiger partial charge in [0.05, 0.1) is 18.0 Å². The van der Waals surface area contributed by atoms with Gasteiger partial charge in [0.1, 0.15) is 6.01 Å². The number of carbonyl (C=O) groups excluding carboxylic acids is 1. The van der Waals surface area contributed by atoms with E-state index in [1.54, 1.807) is 30.3 Å². The summed E-state index contributed by atoms with van der Waals surface area (Å²) in [5.74, 6) is 0. The van der Waals surface area contributed by atoms with Crippen molar-refractivity contribution in [2.45, 2.75) is 72.1 Å². The molecule has 0 unspecified atom stereocenters. The van der Waals surface area contributed by atoms with E-state index in [0.717, 1.165) is 24.0 Å². The lowest BCUT2D eigenvalue weighted by Crippen LogP contribution is -2.14. The van der Waals surface area contributed by atoms with Crippen LogP contribution in [0.4, 0.5) is 32.3 Å². The van der Waals surface area contributed by atoms with Crippen LogP contribution in [0.15, 0.2) is 46.4 Å². The van der Waals surface area contributed by atoms with Crippen LogP contribution >= 0.6 is 0 Å². The molecule has 0 aromatic heterocycles. The van der Waals surface area contributed by atoms with Crippen molar-refractivity contribution in [1.29, 1.82) is 0 Å². The minimum atomic E-state index is -1.14. The largest absolute Gasteiger partial charge is 0.465 e. The van der Waals surface area contributed by atoms with Crippen molar-refractivity contribution in [3.05, 3.63) is 47.5 Å². The molecule has 0 spiro atoms. The normalized spacial score (nSPS) is 10.3. The monoisotopic (exact) mass is 480 g/mol. The SMILES string of the molecule is CCCCCCCCCCOC(=O)Nc1ccc(C)c(N=C=Nc2cc(NC(=O)O)ccc2C)c1. The zero-order valence-corrected chi connectivity index (χ0v) is 20.9. The second-order valence-electron chi connectivity index (χ2n) is 8.49. The molecule has 0 saturated heterocycles. The lowest BCUT2D eigenvalue weighted by Gasteiger charge is -2.08. The number of amides is 2. The third kappa shape index (κ3) is 10.9. The number of hydrogen-bond donors (Lipinski definition) is 3. The molecule has 8 nitrogen and oxygen atoms in total. The molecule has 2 rings (SSSR count). The average molecular weight is 481 g/mol. The van der Waals surface area contributed by atoms with E-state index in [0.29, 0.717) is 29.4 Å². The summed E-state index contributed by atoms with van der Waals surface area (Å²) in [4.78, 5) is 31.5. The first-order valence-electron chi connectivity index (χ1n) is 12.2. The zero-order valence-electron chi connectivity index (χ0n) is 20.9. The molecule has 2 aromatic carbocycles. The summed E-state index contributed by atoms with van der Waals surface area (Å²) in [6.07, 6.45) is 7.87. The molecule has 35 heavy (non-hydrogen) atoms. The van der Waals surface area contributed by atoms with Crippen LogP contribution in [0.2, 0.25) is 0 Å². The second-order valence-corrected chi connectivity index (χ2v) is 8.49. The minimum Gasteiger partial charge on any atom is -0.465 e. The number of carboxylic acid groups (broad SMARTS) is 1. The summed E-state index contributed by atoms with van der Waals surface area (Å²) in [6, 6.07) is 13.1. The molecule has 0 aliphatic carbocycles. The summed E-state index contributed by atoms with van der Waals surface area (Å²) in [6.45, 7) is 6.38. The molecule has 8 heteroatoms. The number of hydrogen-bond acceptors (Lipinski definition) is 5. The van der Waals surface area contributed by atoms with E-state index in [2.05, 4.69) is 33.6 Å². The molecule has 188 valence electrons. The van der Waals surface area contributed by atoms with Crippen LogP contribution in [-0.4, -0.2) is 29.9 Å². The van der Waals surface area contributed by atoms with Crippen LogP contribution in [0, 0.1) is 13.8 Å². The van der Waals surface area contributed by atoms with E-state index in [-0.39, 0.29) is 0 Å². The summed E-state index contributed by atoms with van der Waals surface area (Å²) in [5.41, 5.74) is 3.89. The average Bonchev–Trinajstić information content (AvgIpc) is 2.81. The Hall–Kier alpha value is -3.64. The fourth-order valence-electron chi connectivity index (χ4n) is 3.43. The Morgan fingerprint density at radius 2 is 1.34 bits per heavy atom. The van der Waals surface area contributed by atoms with Crippen molar-refractivity contribution in [1.82, 2.24) is 0 Å². The lowest BCUT2D eigenvalue weighted by molar-refractivity contribution is 0.159. The van der Waals surface area contributed by atoms with Gasteiger partial charge in [0.2, 0.25) is 0 Å². The molecule has 2 amide bonds. The fourth-order valence-corrected chi connectivity index (χ4v) is 3.43. The van der Waals surface area contributed by atoms with Gasteiger partial charge in [-0.15, -0.1) is 0 Å². The van der Waals surface area contributed by atoms with Gasteiger partial charge in [-0.2, -0.15) is 9.98 Å². The second kappa shape index (κ2) is 15.3. The third-order valence-electron chi connectivity index (χ3n) is 5.49. The molecule has 0 radical (unpaired) electrons. The smallest absolute Gasteiger partial charge is 0.411 e. The number of unbranched alkanes of at least 4 members (excludes halogenated alkanes) is 7. The van der Waals surface area contributed by atoms with Crippen molar-refractivity contribution >= 4 is 40.9 Å². The Balaban J connectivity index is 1.87. The summed E-state index contributed by atoms with van der Waals surface area (Å²) < 4.78 is 5.29. The van der Waals surface area contributed by atoms with Crippen molar-refractivity contribution in [3.8, 4) is 0 Å². The molecule has 0 atom stereocenters. The van der Waals surface area contributed by atoms with Gasteiger partial charge in [0.15, 0.2) is 0 Å². The Morgan fingerprint density at radius 1 is 0.829 bits per heavy atom. The van der Waals surface area contributed by atoms with Crippen LogP contribution in [0.25, 0.3) is 0 Å².